The Morgan fingerprint density at radius 1 is 1.46 bits per heavy atom. The summed E-state index contributed by atoms with van der Waals surface area (Å²) in [5, 5.41) is 4.07. The van der Waals surface area contributed by atoms with Gasteiger partial charge in [-0.05, 0) is 45.7 Å². The molecule has 1 aliphatic heterocycles. The topological polar surface area (TPSA) is 68.8 Å². The molecule has 0 spiro atoms. The van der Waals surface area contributed by atoms with Gasteiger partial charge in [0.05, 0.1) is 24.1 Å². The molecule has 1 N–H and O–H groups in total. The van der Waals surface area contributed by atoms with Gasteiger partial charge in [0, 0.05) is 30.1 Å². The molecule has 0 bridgehead atoms. The molecule has 0 saturated carbocycles. The summed E-state index contributed by atoms with van der Waals surface area (Å²) in [6.07, 6.45) is 5.72. The molecule has 1 fully saturated rings. The molecule has 1 aliphatic rings. The van der Waals surface area contributed by atoms with Crippen molar-refractivity contribution in [2.24, 2.45) is 5.10 Å². The van der Waals surface area contributed by atoms with E-state index in [4.69, 9.17) is 9.15 Å². The second-order valence-electron chi connectivity index (χ2n) is 6.16. The van der Waals surface area contributed by atoms with Gasteiger partial charge in [-0.1, -0.05) is 0 Å². The number of hydrogen-bond acceptors (Lipinski definition) is 4. The highest BCUT2D eigenvalue weighted by atomic mass is 16.5. The van der Waals surface area contributed by atoms with Gasteiger partial charge in [-0.2, -0.15) is 5.10 Å². The van der Waals surface area contributed by atoms with E-state index < -0.39 is 0 Å². The number of nitrogens with zero attached hydrogens (tertiary/aromatic N) is 2. The van der Waals surface area contributed by atoms with E-state index in [9.17, 15) is 4.79 Å². The van der Waals surface area contributed by atoms with Gasteiger partial charge in [-0.15, -0.1) is 0 Å². The van der Waals surface area contributed by atoms with Gasteiger partial charge >= 0.3 is 0 Å². The highest BCUT2D eigenvalue weighted by Crippen LogP contribution is 2.19. The number of carbonyl (C=O) groups excluding carboxylic acids is 1. The molecule has 1 amide bonds. The molecule has 2 aromatic heterocycles. The Morgan fingerprint density at radius 3 is 2.96 bits per heavy atom. The molecule has 6 heteroatoms. The Kier molecular flexibility index (Phi) is 4.85. The molecule has 128 valence electrons. The SMILES string of the molecule is Cc1occc1C(=O)N/N=C\c1cc(C)n(C[C@H]2CCCO2)c1C. The summed E-state index contributed by atoms with van der Waals surface area (Å²) in [6.45, 7) is 7.61. The van der Waals surface area contributed by atoms with Gasteiger partial charge < -0.3 is 13.7 Å². The first-order valence-corrected chi connectivity index (χ1v) is 8.22. The van der Waals surface area contributed by atoms with E-state index >= 15 is 0 Å². The minimum absolute atomic E-state index is 0.273. The molecule has 1 atom stereocenters. The Balaban J connectivity index is 1.66. The van der Waals surface area contributed by atoms with E-state index in [1.54, 1.807) is 19.2 Å². The van der Waals surface area contributed by atoms with Crippen LogP contribution in [0.1, 0.15) is 45.9 Å². The summed E-state index contributed by atoms with van der Waals surface area (Å²) in [6, 6.07) is 3.71. The average molecular weight is 329 g/mol. The van der Waals surface area contributed by atoms with Crippen LogP contribution in [0.15, 0.2) is 27.9 Å². The molecule has 0 unspecified atom stereocenters. The van der Waals surface area contributed by atoms with Crippen molar-refractivity contribution in [2.45, 2.75) is 46.3 Å². The maximum absolute atomic E-state index is 12.0. The summed E-state index contributed by atoms with van der Waals surface area (Å²) in [5.41, 5.74) is 6.32. The lowest BCUT2D eigenvalue weighted by atomic mass is 10.2. The van der Waals surface area contributed by atoms with Gasteiger partial charge in [-0.25, -0.2) is 5.43 Å². The van der Waals surface area contributed by atoms with Gasteiger partial charge in [0.2, 0.25) is 0 Å². The van der Waals surface area contributed by atoms with Crippen molar-refractivity contribution in [3.05, 3.63) is 46.7 Å². The Morgan fingerprint density at radius 2 is 2.29 bits per heavy atom. The van der Waals surface area contributed by atoms with Crippen molar-refractivity contribution in [1.82, 2.24) is 9.99 Å². The zero-order chi connectivity index (χ0) is 17.1. The third-order valence-electron chi connectivity index (χ3n) is 4.50. The molecule has 6 nitrogen and oxygen atoms in total. The van der Waals surface area contributed by atoms with Crippen LogP contribution in [0.3, 0.4) is 0 Å². The summed E-state index contributed by atoms with van der Waals surface area (Å²) < 4.78 is 13.1. The van der Waals surface area contributed by atoms with Crippen molar-refractivity contribution in [1.29, 1.82) is 0 Å². The number of amides is 1. The van der Waals surface area contributed by atoms with Crippen LogP contribution in [-0.2, 0) is 11.3 Å². The van der Waals surface area contributed by atoms with Crippen molar-refractivity contribution >= 4 is 12.1 Å². The van der Waals surface area contributed by atoms with Gasteiger partial charge in [-0.3, -0.25) is 4.79 Å². The Hall–Kier alpha value is -2.34. The monoisotopic (exact) mass is 329 g/mol. The second kappa shape index (κ2) is 7.05. The standard InChI is InChI=1S/C18H23N3O3/c1-12-9-15(13(2)21(12)11-16-5-4-7-24-16)10-19-20-18(22)17-6-8-23-14(17)3/h6,8-10,16H,4-5,7,11H2,1-3H3,(H,20,22)/b19-10-/t16-/m1/s1. The van der Waals surface area contributed by atoms with E-state index in [1.807, 2.05) is 0 Å². The third-order valence-corrected chi connectivity index (χ3v) is 4.50. The number of furan rings is 1. The number of hydrazone groups is 1. The highest BCUT2D eigenvalue weighted by Gasteiger charge is 2.18. The predicted octanol–water partition coefficient (Wildman–Crippen LogP) is 2.95. The van der Waals surface area contributed by atoms with Crippen LogP contribution in [0, 0.1) is 20.8 Å². The summed E-state index contributed by atoms with van der Waals surface area (Å²) >= 11 is 0. The lowest BCUT2D eigenvalue weighted by Crippen LogP contribution is -2.18. The maximum Gasteiger partial charge on any atom is 0.274 e. The summed E-state index contributed by atoms with van der Waals surface area (Å²) in [4.78, 5) is 12.0. The van der Waals surface area contributed by atoms with Crippen LogP contribution >= 0.6 is 0 Å². The zero-order valence-electron chi connectivity index (χ0n) is 14.3. The number of ether oxygens (including phenoxy) is 1. The van der Waals surface area contributed by atoms with E-state index in [1.165, 1.54) is 12.0 Å². The van der Waals surface area contributed by atoms with Crippen LogP contribution < -0.4 is 5.43 Å². The van der Waals surface area contributed by atoms with Crippen molar-refractivity contribution in [3.8, 4) is 0 Å². The molecule has 3 rings (SSSR count). The minimum Gasteiger partial charge on any atom is -0.469 e. The van der Waals surface area contributed by atoms with Crippen molar-refractivity contribution in [3.63, 3.8) is 0 Å². The third kappa shape index (κ3) is 3.43. The smallest absolute Gasteiger partial charge is 0.274 e. The van der Waals surface area contributed by atoms with Crippen LogP contribution in [-0.4, -0.2) is 29.4 Å². The number of aryl methyl sites for hydroxylation is 2. The fourth-order valence-corrected chi connectivity index (χ4v) is 3.07. The first-order valence-electron chi connectivity index (χ1n) is 8.22. The van der Waals surface area contributed by atoms with Crippen molar-refractivity contribution in [2.75, 3.05) is 6.61 Å². The number of nitrogens with one attached hydrogen (secondary N) is 1. The largest absolute Gasteiger partial charge is 0.469 e. The zero-order valence-corrected chi connectivity index (χ0v) is 14.3. The minimum atomic E-state index is -0.273. The molecule has 1 saturated heterocycles. The van der Waals surface area contributed by atoms with E-state index in [0.29, 0.717) is 17.4 Å². The first kappa shape index (κ1) is 16.5. The highest BCUT2D eigenvalue weighted by molar-refractivity contribution is 5.95. The lowest BCUT2D eigenvalue weighted by Gasteiger charge is -2.14. The predicted molar refractivity (Wildman–Crippen MR) is 91.4 cm³/mol. The molecular formula is C18H23N3O3. The Bertz CT molecular complexity index is 752. The summed E-state index contributed by atoms with van der Waals surface area (Å²) in [7, 11) is 0. The molecule has 0 aromatic carbocycles. The van der Waals surface area contributed by atoms with Gasteiger partial charge in [0.15, 0.2) is 0 Å². The van der Waals surface area contributed by atoms with Crippen LogP contribution in [0.4, 0.5) is 0 Å². The molecular weight excluding hydrogens is 306 g/mol. The van der Waals surface area contributed by atoms with Crippen LogP contribution in [0.2, 0.25) is 0 Å². The van der Waals surface area contributed by atoms with Crippen LogP contribution in [0.5, 0.6) is 0 Å². The molecule has 3 heterocycles. The average Bonchev–Trinajstić information content (AvgIpc) is 3.26. The maximum atomic E-state index is 12.0. The van der Waals surface area contributed by atoms with Crippen molar-refractivity contribution < 1.29 is 13.9 Å². The van der Waals surface area contributed by atoms with Gasteiger partial charge in [0.1, 0.15) is 5.76 Å². The fraction of sp³-hybridized carbons (Fsp3) is 0.444. The van der Waals surface area contributed by atoms with E-state index in [-0.39, 0.29) is 5.91 Å². The number of rotatable bonds is 5. The number of carbonyl (C=O) groups is 1. The molecule has 2 aromatic rings. The van der Waals surface area contributed by atoms with Crippen LogP contribution in [0.25, 0.3) is 0 Å². The second-order valence-corrected chi connectivity index (χ2v) is 6.16. The number of aromatic nitrogens is 1. The number of hydrogen-bond donors (Lipinski definition) is 1. The fourth-order valence-electron chi connectivity index (χ4n) is 3.07. The van der Waals surface area contributed by atoms with E-state index in [0.717, 1.165) is 37.3 Å². The summed E-state index contributed by atoms with van der Waals surface area (Å²) in [5.74, 6) is 0.308. The van der Waals surface area contributed by atoms with E-state index in [2.05, 4.69) is 35.0 Å². The van der Waals surface area contributed by atoms with Gasteiger partial charge in [0.25, 0.3) is 5.91 Å². The lowest BCUT2D eigenvalue weighted by molar-refractivity contribution is 0.0953. The first-order chi connectivity index (χ1) is 11.6. The molecule has 24 heavy (non-hydrogen) atoms. The molecule has 0 aliphatic carbocycles. The Labute approximate surface area is 141 Å². The normalized spacial score (nSPS) is 17.7. The quantitative estimate of drug-likeness (QED) is 0.677. The molecule has 0 radical (unpaired) electrons.